The van der Waals surface area contributed by atoms with Gasteiger partial charge < -0.3 is 10.4 Å². The molecular formula is C16H26N4O3. The van der Waals surface area contributed by atoms with Gasteiger partial charge in [-0.25, -0.2) is 9.48 Å². The Bertz CT molecular complexity index is 607. The molecule has 1 fully saturated rings. The lowest BCUT2D eigenvalue weighted by atomic mass is 9.85. The third-order valence-electron chi connectivity index (χ3n) is 5.06. The van der Waals surface area contributed by atoms with Crippen molar-refractivity contribution in [2.24, 2.45) is 5.92 Å². The number of hydrogen-bond donors (Lipinski definition) is 2. The van der Waals surface area contributed by atoms with E-state index in [0.29, 0.717) is 6.54 Å². The van der Waals surface area contributed by atoms with Gasteiger partial charge in [0.05, 0.1) is 0 Å². The lowest BCUT2D eigenvalue weighted by Crippen LogP contribution is -2.45. The number of nitrogens with zero attached hydrogens (tertiary/aromatic N) is 3. The zero-order valence-corrected chi connectivity index (χ0v) is 13.5. The van der Waals surface area contributed by atoms with Gasteiger partial charge in [-0.1, -0.05) is 19.3 Å². The molecule has 1 aliphatic carbocycles. The zero-order chi connectivity index (χ0) is 16.2. The predicted octanol–water partition coefficient (Wildman–Crippen LogP) is 0.438. The topological polar surface area (TPSA) is 89.2 Å². The van der Waals surface area contributed by atoms with Crippen LogP contribution in [0.5, 0.6) is 0 Å². The Kier molecular flexibility index (Phi) is 5.15. The maximum absolute atomic E-state index is 12.4. The lowest BCUT2D eigenvalue weighted by Gasteiger charge is -2.30. The Morgan fingerprint density at radius 1 is 1.22 bits per heavy atom. The first-order valence-corrected chi connectivity index (χ1v) is 8.76. The number of aromatic nitrogens is 3. The molecule has 2 heterocycles. The van der Waals surface area contributed by atoms with Gasteiger partial charge in [-0.2, -0.15) is 5.10 Å². The summed E-state index contributed by atoms with van der Waals surface area (Å²) < 4.78 is 2.99. The number of carbonyl (C=O) groups excluding carboxylic acids is 1. The molecule has 2 aliphatic rings. The van der Waals surface area contributed by atoms with Crippen LogP contribution >= 0.6 is 0 Å². The number of hydrogen-bond acceptors (Lipinski definition) is 4. The third-order valence-corrected chi connectivity index (χ3v) is 5.06. The van der Waals surface area contributed by atoms with E-state index in [2.05, 4.69) is 10.4 Å². The number of nitrogens with one attached hydrogen (secondary N) is 1. The number of carbonyl (C=O) groups is 1. The molecule has 1 amide bonds. The SMILES string of the molecule is O=C(Cn1nc2n(c1=O)CCCCC2)NC1CCCCC1CO. The van der Waals surface area contributed by atoms with E-state index in [4.69, 9.17) is 0 Å². The molecule has 0 bridgehead atoms. The van der Waals surface area contributed by atoms with Crippen LogP contribution in [-0.4, -0.2) is 38.0 Å². The standard InChI is InChI=1S/C16H26N4O3/c21-11-12-6-3-4-7-13(12)17-15(22)10-20-16(23)19-9-5-1-2-8-14(19)18-20/h12-13,21H,1-11H2,(H,17,22). The molecule has 128 valence electrons. The van der Waals surface area contributed by atoms with E-state index < -0.39 is 0 Å². The Morgan fingerprint density at radius 2 is 2.04 bits per heavy atom. The summed E-state index contributed by atoms with van der Waals surface area (Å²) in [5, 5.41) is 16.7. The van der Waals surface area contributed by atoms with Gasteiger partial charge in [-0.15, -0.1) is 0 Å². The van der Waals surface area contributed by atoms with Crippen molar-refractivity contribution in [2.45, 2.75) is 70.5 Å². The molecule has 7 heteroatoms. The zero-order valence-electron chi connectivity index (χ0n) is 13.5. The minimum Gasteiger partial charge on any atom is -0.396 e. The highest BCUT2D eigenvalue weighted by Gasteiger charge is 2.26. The van der Waals surface area contributed by atoms with Gasteiger partial charge in [0, 0.05) is 31.5 Å². The third kappa shape index (κ3) is 3.65. The van der Waals surface area contributed by atoms with Gasteiger partial charge in [0.2, 0.25) is 5.91 Å². The summed E-state index contributed by atoms with van der Waals surface area (Å²) >= 11 is 0. The fourth-order valence-electron chi connectivity index (χ4n) is 3.73. The van der Waals surface area contributed by atoms with Crippen LogP contribution in [0.2, 0.25) is 0 Å². The molecule has 1 aromatic rings. The van der Waals surface area contributed by atoms with E-state index >= 15 is 0 Å². The molecule has 1 saturated carbocycles. The summed E-state index contributed by atoms with van der Waals surface area (Å²) in [5.41, 5.74) is -0.181. The fourth-order valence-corrected chi connectivity index (χ4v) is 3.73. The highest BCUT2D eigenvalue weighted by molar-refractivity contribution is 5.76. The number of amides is 1. The van der Waals surface area contributed by atoms with Crippen LogP contribution in [0.4, 0.5) is 0 Å². The largest absolute Gasteiger partial charge is 0.396 e. The van der Waals surface area contributed by atoms with Crippen LogP contribution in [0, 0.1) is 5.92 Å². The molecule has 2 atom stereocenters. The van der Waals surface area contributed by atoms with Crippen LogP contribution in [0.25, 0.3) is 0 Å². The molecule has 23 heavy (non-hydrogen) atoms. The molecule has 3 rings (SSSR count). The molecule has 0 spiro atoms. The van der Waals surface area contributed by atoms with Crippen molar-refractivity contribution in [2.75, 3.05) is 6.61 Å². The molecule has 2 unspecified atom stereocenters. The van der Waals surface area contributed by atoms with E-state index in [9.17, 15) is 14.7 Å². The smallest absolute Gasteiger partial charge is 0.346 e. The van der Waals surface area contributed by atoms with E-state index in [0.717, 1.165) is 57.2 Å². The van der Waals surface area contributed by atoms with Gasteiger partial charge in [-0.3, -0.25) is 9.36 Å². The molecule has 2 N–H and O–H groups in total. The van der Waals surface area contributed by atoms with Crippen molar-refractivity contribution in [3.63, 3.8) is 0 Å². The highest BCUT2D eigenvalue weighted by atomic mass is 16.3. The van der Waals surface area contributed by atoms with Crippen LogP contribution in [0.1, 0.15) is 50.8 Å². The highest BCUT2D eigenvalue weighted by Crippen LogP contribution is 2.23. The predicted molar refractivity (Wildman–Crippen MR) is 85.0 cm³/mol. The first-order valence-electron chi connectivity index (χ1n) is 8.76. The number of aliphatic hydroxyl groups excluding tert-OH is 1. The number of rotatable bonds is 4. The number of fused-ring (bicyclic) bond motifs is 1. The average molecular weight is 322 g/mol. The van der Waals surface area contributed by atoms with Crippen LogP contribution in [0.3, 0.4) is 0 Å². The minimum absolute atomic E-state index is 0.0115. The Hall–Kier alpha value is -1.63. The van der Waals surface area contributed by atoms with Gasteiger partial charge >= 0.3 is 5.69 Å². The normalized spacial score (nSPS) is 24.7. The summed E-state index contributed by atoms with van der Waals surface area (Å²) in [7, 11) is 0. The monoisotopic (exact) mass is 322 g/mol. The Morgan fingerprint density at radius 3 is 2.87 bits per heavy atom. The van der Waals surface area contributed by atoms with Crippen molar-refractivity contribution in [1.82, 2.24) is 19.7 Å². The summed E-state index contributed by atoms with van der Waals surface area (Å²) in [4.78, 5) is 24.6. The van der Waals surface area contributed by atoms with E-state index in [1.165, 1.54) is 4.68 Å². The van der Waals surface area contributed by atoms with Crippen LogP contribution in [-0.2, 0) is 24.3 Å². The summed E-state index contributed by atoms with van der Waals surface area (Å²) in [6.07, 6.45) is 7.97. The molecule has 0 saturated heterocycles. The van der Waals surface area contributed by atoms with Crippen LogP contribution < -0.4 is 11.0 Å². The van der Waals surface area contributed by atoms with E-state index in [-0.39, 0.29) is 36.7 Å². The van der Waals surface area contributed by atoms with Crippen molar-refractivity contribution in [1.29, 1.82) is 0 Å². The quantitative estimate of drug-likeness (QED) is 0.842. The van der Waals surface area contributed by atoms with Crippen molar-refractivity contribution in [3.05, 3.63) is 16.3 Å². The van der Waals surface area contributed by atoms with Crippen molar-refractivity contribution >= 4 is 5.91 Å². The van der Waals surface area contributed by atoms with Gasteiger partial charge in [-0.05, 0) is 25.7 Å². The molecular weight excluding hydrogens is 296 g/mol. The molecule has 1 aliphatic heterocycles. The maximum Gasteiger partial charge on any atom is 0.346 e. The number of aryl methyl sites for hydroxylation is 1. The first kappa shape index (κ1) is 16.2. The second kappa shape index (κ2) is 7.29. The van der Waals surface area contributed by atoms with Crippen LogP contribution in [0.15, 0.2) is 4.79 Å². The first-order chi connectivity index (χ1) is 11.2. The Balaban J connectivity index is 1.65. The summed E-state index contributed by atoms with van der Waals surface area (Å²) in [6.45, 7) is 0.766. The second-order valence-electron chi connectivity index (χ2n) is 6.72. The second-order valence-corrected chi connectivity index (χ2v) is 6.72. The Labute approximate surface area is 135 Å². The van der Waals surface area contributed by atoms with Gasteiger partial charge in [0.25, 0.3) is 0 Å². The minimum atomic E-state index is -0.189. The molecule has 0 radical (unpaired) electrons. The van der Waals surface area contributed by atoms with E-state index in [1.807, 2.05) is 0 Å². The maximum atomic E-state index is 12.4. The lowest BCUT2D eigenvalue weighted by molar-refractivity contribution is -0.123. The van der Waals surface area contributed by atoms with Gasteiger partial charge in [0.15, 0.2) is 0 Å². The summed E-state index contributed by atoms with van der Waals surface area (Å²) in [5.74, 6) is 0.736. The molecule has 1 aromatic heterocycles. The molecule has 0 aromatic carbocycles. The van der Waals surface area contributed by atoms with E-state index in [1.54, 1.807) is 4.57 Å². The fraction of sp³-hybridized carbons (Fsp3) is 0.812. The van der Waals surface area contributed by atoms with Crippen molar-refractivity contribution < 1.29 is 9.90 Å². The number of aliphatic hydroxyl groups is 1. The molecule has 7 nitrogen and oxygen atoms in total. The summed E-state index contributed by atoms with van der Waals surface area (Å²) in [6, 6.07) is 0.0115. The van der Waals surface area contributed by atoms with Crippen molar-refractivity contribution in [3.8, 4) is 0 Å². The van der Waals surface area contributed by atoms with Gasteiger partial charge in [0.1, 0.15) is 12.4 Å². The average Bonchev–Trinajstić information content (AvgIpc) is 2.73.